The van der Waals surface area contributed by atoms with Gasteiger partial charge in [0, 0.05) is 62.4 Å². The van der Waals surface area contributed by atoms with Gasteiger partial charge < -0.3 is 11.7 Å². The standard InChI is InChI=1S/C23H22ClF4N3OS.C17H15ClF4N2OS.C6H7N.C4H8O.C4H9.CH4.Li/c1-21(2,3)33(32)31-22(13-15-6-8-29-9-7-15,20-5-4-18(24)14-30-20)16-10-17(23(26,27)28)12-19(25)11-16;1-16(2,3)26(25)24-15(14-5-4-12(18)9-23-14)10-6-11(17(20,21)22)8-13(19)7-10;1-6-2-4-7-5-3-6;1-2-4-5-3-1;1-3-4-2;;/h4-12,14,31H,13H2,1-3H3;4-9H,1-3H3;2-5H,1H3;1-4H2;1,3-4H2,2H3;1H4;/q;;;;-1;;+1/t22-,33-;26-;;;;;/m01...../s1. The third kappa shape index (κ3) is 24.2. The fraction of sp³-hybridized carbons (Fsp3) is 0.382. The van der Waals surface area contributed by atoms with Crippen LogP contribution in [-0.4, -0.2) is 56.8 Å². The van der Waals surface area contributed by atoms with Gasteiger partial charge in [0.1, 0.15) is 33.9 Å². The largest absolute Gasteiger partial charge is 1.00 e. The molecule has 77 heavy (non-hydrogen) atoms. The molecule has 0 spiro atoms. The molecular weight excluding hydrogens is 1090 g/mol. The molecule has 1 aliphatic rings. The van der Waals surface area contributed by atoms with Gasteiger partial charge in [-0.2, -0.15) is 37.2 Å². The van der Waals surface area contributed by atoms with E-state index in [-0.39, 0.29) is 60.9 Å². The van der Waals surface area contributed by atoms with Gasteiger partial charge in [-0.25, -0.2) is 21.9 Å². The van der Waals surface area contributed by atoms with Crippen LogP contribution in [0.1, 0.15) is 126 Å². The van der Waals surface area contributed by atoms with Crippen molar-refractivity contribution < 1.29 is 67.1 Å². The molecule has 0 amide bonds. The number of hydrogen-bond acceptors (Lipinski definition) is 7. The van der Waals surface area contributed by atoms with E-state index in [9.17, 15) is 43.5 Å². The van der Waals surface area contributed by atoms with Crippen LogP contribution >= 0.6 is 23.2 Å². The number of aromatic nitrogens is 4. The first-order valence-corrected chi connectivity index (χ1v) is 26.3. The molecule has 3 atom stereocenters. The second-order valence-electron chi connectivity index (χ2n) is 18.6. The topological polar surface area (TPSA) is 119 Å². The summed E-state index contributed by atoms with van der Waals surface area (Å²) in [5.41, 5.74) is -1.97. The maximum Gasteiger partial charge on any atom is 1.00 e. The molecule has 1 N–H and O–H groups in total. The summed E-state index contributed by atoms with van der Waals surface area (Å²) in [6.07, 6.45) is 4.58. The second-order valence-corrected chi connectivity index (χ2v) is 23.3. The van der Waals surface area contributed by atoms with Crippen LogP contribution in [0.4, 0.5) is 35.1 Å². The van der Waals surface area contributed by atoms with Gasteiger partial charge >= 0.3 is 31.2 Å². The van der Waals surface area contributed by atoms with Crippen molar-refractivity contribution in [1.82, 2.24) is 24.7 Å². The molecular formula is C55H65Cl2F8LiN6O3S2. The molecule has 0 saturated carbocycles. The molecule has 0 bridgehead atoms. The maximum absolute atomic E-state index is 14.5. The summed E-state index contributed by atoms with van der Waals surface area (Å²) < 4.78 is 144. The second kappa shape index (κ2) is 32.6. The molecule has 0 radical (unpaired) electrons. The number of nitrogens with one attached hydrogen (secondary N) is 1. The smallest absolute Gasteiger partial charge is 0.381 e. The average molecular weight is 1150 g/mol. The average Bonchev–Trinajstić information content (AvgIpc) is 3.94. The number of halogens is 10. The Bertz CT molecular complexity index is 2760. The quantitative estimate of drug-likeness (QED) is 0.0628. The van der Waals surface area contributed by atoms with Crippen molar-refractivity contribution in [2.75, 3.05) is 13.2 Å². The summed E-state index contributed by atoms with van der Waals surface area (Å²) in [4.78, 5) is 16.2. The zero-order valence-electron chi connectivity index (χ0n) is 43.8. The molecule has 4 aromatic heterocycles. The number of pyridine rings is 4. The summed E-state index contributed by atoms with van der Waals surface area (Å²) in [5, 5.41) is 0.615. The van der Waals surface area contributed by atoms with Gasteiger partial charge in [-0.3, -0.25) is 19.9 Å². The third-order valence-corrected chi connectivity index (χ3v) is 13.6. The molecule has 6 aromatic rings. The number of unbranched alkanes of at least 4 members (excludes halogenated alkanes) is 1. The van der Waals surface area contributed by atoms with Gasteiger partial charge in [-0.05, 0) is 163 Å². The SMILES string of the molecule is C.C1CCOC1.CC(C)(C)[S@@](=O)N=C(c1cc(F)cc(C(F)(F)F)c1)c1ccc(Cl)cn1.CC(C)(C)[S@](=O)N[C@@](Cc1ccncc1)(c1cc(F)cc(C(F)(F)F)c1)c1ccc(Cl)cn1.Cc1ccncc1.[CH2-]CCC.[Li+]. The van der Waals surface area contributed by atoms with Crippen LogP contribution in [0.2, 0.25) is 10.0 Å². The van der Waals surface area contributed by atoms with Gasteiger partial charge in [-0.1, -0.05) is 44.0 Å². The van der Waals surface area contributed by atoms with Crippen LogP contribution in [0.3, 0.4) is 0 Å². The Morgan fingerprint density at radius 3 is 1.58 bits per heavy atom. The predicted octanol–water partition coefficient (Wildman–Crippen LogP) is 12.5. The van der Waals surface area contributed by atoms with Crippen LogP contribution < -0.4 is 23.6 Å². The van der Waals surface area contributed by atoms with Crippen molar-refractivity contribution in [2.45, 2.75) is 122 Å². The minimum absolute atomic E-state index is 0. The predicted molar refractivity (Wildman–Crippen MR) is 291 cm³/mol. The molecule has 22 heteroatoms. The number of benzene rings is 2. The molecule has 1 fully saturated rings. The van der Waals surface area contributed by atoms with E-state index in [2.05, 4.69) is 42.9 Å². The van der Waals surface area contributed by atoms with Crippen LogP contribution in [0.5, 0.6) is 0 Å². The first-order valence-electron chi connectivity index (χ1n) is 23.3. The maximum atomic E-state index is 14.5. The van der Waals surface area contributed by atoms with E-state index in [1.54, 1.807) is 66.1 Å². The number of alkyl halides is 6. The Kier molecular flexibility index (Phi) is 29.9. The van der Waals surface area contributed by atoms with Gasteiger partial charge in [0.15, 0.2) is 0 Å². The first-order chi connectivity index (χ1) is 35.0. The number of aryl methyl sites for hydroxylation is 1. The Morgan fingerprint density at radius 2 is 1.18 bits per heavy atom. The van der Waals surface area contributed by atoms with E-state index in [4.69, 9.17) is 27.9 Å². The number of nitrogens with zero attached hydrogens (tertiary/aromatic N) is 5. The van der Waals surface area contributed by atoms with Crippen molar-refractivity contribution in [2.24, 2.45) is 4.40 Å². The zero-order valence-corrected chi connectivity index (χ0v) is 46.9. The molecule has 5 heterocycles. The Morgan fingerprint density at radius 1 is 0.701 bits per heavy atom. The fourth-order valence-corrected chi connectivity index (χ4v) is 7.82. The minimum atomic E-state index is -4.78. The number of ether oxygens (including phenoxy) is 1. The Balaban J connectivity index is 0.000000591. The van der Waals surface area contributed by atoms with Crippen LogP contribution in [0.15, 0.2) is 127 Å². The van der Waals surface area contributed by atoms with Gasteiger partial charge in [0.25, 0.3) is 0 Å². The summed E-state index contributed by atoms with van der Waals surface area (Å²) in [5.74, 6) is -2.16. The van der Waals surface area contributed by atoms with Gasteiger partial charge in [-0.15, -0.1) is 0 Å². The summed E-state index contributed by atoms with van der Waals surface area (Å²) >= 11 is 11.8. The van der Waals surface area contributed by atoms with Gasteiger partial charge in [0.05, 0.1) is 53.0 Å². The molecule has 0 aliphatic carbocycles. The number of rotatable bonds is 10. The molecule has 1 saturated heterocycles. The van der Waals surface area contributed by atoms with E-state index in [1.165, 1.54) is 73.9 Å². The molecule has 0 unspecified atom stereocenters. The molecule has 1 aliphatic heterocycles. The van der Waals surface area contributed by atoms with Crippen molar-refractivity contribution in [3.8, 4) is 0 Å². The van der Waals surface area contributed by atoms with E-state index in [0.717, 1.165) is 43.9 Å². The summed E-state index contributed by atoms with van der Waals surface area (Å²) in [6.45, 7) is 19.9. The normalized spacial score (nSPS) is 14.1. The third-order valence-electron chi connectivity index (χ3n) is 10.1. The van der Waals surface area contributed by atoms with Crippen LogP contribution in [0.25, 0.3) is 0 Å². The Labute approximate surface area is 475 Å². The molecule has 2 aromatic carbocycles. The van der Waals surface area contributed by atoms with Crippen LogP contribution in [0, 0.1) is 25.5 Å². The summed E-state index contributed by atoms with van der Waals surface area (Å²) in [6, 6.07) is 17.5. The summed E-state index contributed by atoms with van der Waals surface area (Å²) in [7, 11) is -3.56. The van der Waals surface area contributed by atoms with Crippen molar-refractivity contribution in [3.63, 3.8) is 0 Å². The van der Waals surface area contributed by atoms with Crippen LogP contribution in [-0.2, 0) is 51.0 Å². The molecule has 9 nitrogen and oxygen atoms in total. The van der Waals surface area contributed by atoms with E-state index in [1.807, 2.05) is 19.1 Å². The fourth-order valence-electron chi connectivity index (χ4n) is 6.04. The first kappa shape index (κ1) is 70.6. The monoisotopic (exact) mass is 1150 g/mol. The number of hydrogen-bond donors (Lipinski definition) is 1. The van der Waals surface area contributed by atoms with E-state index >= 15 is 0 Å². The zero-order chi connectivity index (χ0) is 56.2. The molecule has 7 rings (SSSR count). The van der Waals surface area contributed by atoms with Crippen molar-refractivity contribution >= 4 is 50.9 Å². The van der Waals surface area contributed by atoms with E-state index < -0.39 is 72.1 Å². The van der Waals surface area contributed by atoms with Crippen molar-refractivity contribution in [3.05, 3.63) is 195 Å². The minimum Gasteiger partial charge on any atom is -0.381 e. The van der Waals surface area contributed by atoms with Gasteiger partial charge in [0.2, 0.25) is 0 Å². The molecule has 416 valence electrons. The van der Waals surface area contributed by atoms with E-state index in [0.29, 0.717) is 27.7 Å². The van der Waals surface area contributed by atoms with Crippen molar-refractivity contribution in [1.29, 1.82) is 0 Å². The Hall–Kier alpha value is -4.45.